The summed E-state index contributed by atoms with van der Waals surface area (Å²) in [6.07, 6.45) is 0. The fraction of sp³-hybridized carbons (Fsp3) is 0.185. The lowest BCUT2D eigenvalue weighted by Crippen LogP contribution is -2.29. The van der Waals surface area contributed by atoms with Crippen molar-refractivity contribution in [3.63, 3.8) is 0 Å². The van der Waals surface area contributed by atoms with Crippen LogP contribution in [0.15, 0.2) is 72.3 Å². The van der Waals surface area contributed by atoms with Crippen LogP contribution >= 0.6 is 0 Å². The normalized spacial score (nSPS) is 17.3. The van der Waals surface area contributed by atoms with Crippen LogP contribution in [0.5, 0.6) is 11.5 Å². The summed E-state index contributed by atoms with van der Waals surface area (Å²) in [7, 11) is 0. The van der Waals surface area contributed by atoms with Gasteiger partial charge in [0.25, 0.3) is 11.7 Å². The lowest BCUT2D eigenvalue weighted by Gasteiger charge is -2.25. The summed E-state index contributed by atoms with van der Waals surface area (Å²) in [6, 6.07) is 13.8. The van der Waals surface area contributed by atoms with Gasteiger partial charge in [0.15, 0.2) is 11.6 Å². The zero-order valence-corrected chi connectivity index (χ0v) is 19.0. The van der Waals surface area contributed by atoms with Crippen LogP contribution in [0.4, 0.5) is 14.5 Å². The Morgan fingerprint density at radius 1 is 1.00 bits per heavy atom. The highest BCUT2D eigenvalue weighted by Gasteiger charge is 2.47. The first kappa shape index (κ1) is 23.9. The Hall–Kier alpha value is -4.20. The third-order valence-electron chi connectivity index (χ3n) is 5.52. The molecule has 0 bridgehead atoms. The maximum atomic E-state index is 14.0. The summed E-state index contributed by atoms with van der Waals surface area (Å²) in [5.41, 5.74) is 0.236. The molecule has 0 aliphatic carbocycles. The number of phenolic OH excluding ortho intramolecular Hbond substituents is 1. The smallest absolute Gasteiger partial charge is 0.300 e. The molecule has 180 valence electrons. The van der Waals surface area contributed by atoms with E-state index in [2.05, 4.69) is 0 Å². The van der Waals surface area contributed by atoms with Crippen molar-refractivity contribution in [2.24, 2.45) is 5.92 Å². The number of Topliss-reactive ketones (excluding diaryl/α,β-unsaturated/α-hetero) is 1. The summed E-state index contributed by atoms with van der Waals surface area (Å²) in [5.74, 6) is -4.03. The van der Waals surface area contributed by atoms with Crippen molar-refractivity contribution < 1.29 is 33.3 Å². The number of amides is 1. The van der Waals surface area contributed by atoms with E-state index in [1.165, 1.54) is 24.3 Å². The van der Waals surface area contributed by atoms with E-state index in [0.717, 1.165) is 17.0 Å². The molecular weight excluding hydrogens is 456 g/mol. The average molecular weight is 479 g/mol. The number of anilines is 1. The minimum Gasteiger partial charge on any atom is -0.508 e. The Morgan fingerprint density at radius 3 is 2.34 bits per heavy atom. The van der Waals surface area contributed by atoms with Crippen LogP contribution in [0, 0.1) is 17.6 Å². The van der Waals surface area contributed by atoms with Crippen LogP contribution in [-0.2, 0) is 9.59 Å². The molecule has 1 heterocycles. The average Bonchev–Trinajstić information content (AvgIpc) is 3.10. The minimum atomic E-state index is -1.20. The second-order valence-corrected chi connectivity index (χ2v) is 8.59. The molecule has 8 heteroatoms. The number of nitrogens with zero attached hydrogens (tertiary/aromatic N) is 1. The van der Waals surface area contributed by atoms with E-state index in [1.807, 2.05) is 13.8 Å². The van der Waals surface area contributed by atoms with Gasteiger partial charge in [-0.2, -0.15) is 0 Å². The highest BCUT2D eigenvalue weighted by Crippen LogP contribution is 2.43. The summed E-state index contributed by atoms with van der Waals surface area (Å²) in [5, 5.41) is 21.1. The Kier molecular flexibility index (Phi) is 6.55. The van der Waals surface area contributed by atoms with Gasteiger partial charge >= 0.3 is 0 Å². The molecule has 1 aliphatic heterocycles. The molecule has 0 spiro atoms. The highest BCUT2D eigenvalue weighted by molar-refractivity contribution is 6.51. The van der Waals surface area contributed by atoms with Crippen LogP contribution in [-0.4, -0.2) is 28.5 Å². The number of aliphatic hydroxyl groups excluding tert-OH is 1. The standard InChI is InChI=1S/C27H23F2NO5/c1-15(2)14-35-20-9-6-16(7-10-20)25(32)23-24(17-4-3-5-19(31)12-17)30(27(34)26(23)33)18-8-11-21(28)22(29)13-18/h3-13,15,24,31-32H,14H2,1-2H3/b25-23+. The Labute approximate surface area is 200 Å². The zero-order chi connectivity index (χ0) is 25.3. The predicted molar refractivity (Wildman–Crippen MR) is 126 cm³/mol. The van der Waals surface area contributed by atoms with Gasteiger partial charge in [-0.3, -0.25) is 14.5 Å². The van der Waals surface area contributed by atoms with E-state index in [1.54, 1.807) is 30.3 Å². The SMILES string of the molecule is CC(C)COc1ccc(/C(O)=C2\C(=O)C(=O)N(c3ccc(F)c(F)c3)C2c2cccc(O)c2)cc1. The van der Waals surface area contributed by atoms with Crippen molar-refractivity contribution in [1.82, 2.24) is 0 Å². The summed E-state index contributed by atoms with van der Waals surface area (Å²) >= 11 is 0. The van der Waals surface area contributed by atoms with Crippen LogP contribution in [0.2, 0.25) is 0 Å². The van der Waals surface area contributed by atoms with Gasteiger partial charge in [-0.25, -0.2) is 8.78 Å². The van der Waals surface area contributed by atoms with E-state index >= 15 is 0 Å². The topological polar surface area (TPSA) is 87.1 Å². The Morgan fingerprint density at radius 2 is 1.71 bits per heavy atom. The molecular formula is C27H23F2NO5. The van der Waals surface area contributed by atoms with Crippen molar-refractivity contribution >= 4 is 23.1 Å². The van der Waals surface area contributed by atoms with Gasteiger partial charge in [0, 0.05) is 17.3 Å². The largest absolute Gasteiger partial charge is 0.508 e. The van der Waals surface area contributed by atoms with Gasteiger partial charge in [0.2, 0.25) is 0 Å². The first-order valence-corrected chi connectivity index (χ1v) is 11.0. The van der Waals surface area contributed by atoms with Gasteiger partial charge in [0.05, 0.1) is 18.2 Å². The zero-order valence-electron chi connectivity index (χ0n) is 19.0. The molecule has 1 aliphatic rings. The molecule has 1 amide bonds. The predicted octanol–water partition coefficient (Wildman–Crippen LogP) is 5.33. The number of carbonyl (C=O) groups excluding carboxylic acids is 2. The van der Waals surface area contributed by atoms with E-state index in [4.69, 9.17) is 4.74 Å². The van der Waals surface area contributed by atoms with Gasteiger partial charge in [-0.1, -0.05) is 26.0 Å². The Bertz CT molecular complexity index is 1320. The second-order valence-electron chi connectivity index (χ2n) is 8.59. The number of ether oxygens (including phenoxy) is 1. The number of rotatable bonds is 6. The van der Waals surface area contributed by atoms with E-state index in [0.29, 0.717) is 23.8 Å². The fourth-order valence-electron chi connectivity index (χ4n) is 3.87. The molecule has 3 aromatic carbocycles. The van der Waals surface area contributed by atoms with Gasteiger partial charge < -0.3 is 14.9 Å². The molecule has 1 saturated heterocycles. The molecule has 3 aromatic rings. The lowest BCUT2D eigenvalue weighted by atomic mass is 9.95. The quantitative estimate of drug-likeness (QED) is 0.283. The van der Waals surface area contributed by atoms with Crippen molar-refractivity contribution in [3.05, 3.63) is 95.1 Å². The summed E-state index contributed by atoms with van der Waals surface area (Å²) < 4.78 is 33.2. The lowest BCUT2D eigenvalue weighted by molar-refractivity contribution is -0.132. The van der Waals surface area contributed by atoms with E-state index < -0.39 is 35.1 Å². The molecule has 0 aromatic heterocycles. The molecule has 35 heavy (non-hydrogen) atoms. The number of benzene rings is 3. The van der Waals surface area contributed by atoms with Gasteiger partial charge in [0.1, 0.15) is 17.3 Å². The molecule has 1 fully saturated rings. The number of halogens is 2. The number of aromatic hydroxyl groups is 1. The van der Waals surface area contributed by atoms with Crippen molar-refractivity contribution in [3.8, 4) is 11.5 Å². The molecule has 2 N–H and O–H groups in total. The maximum Gasteiger partial charge on any atom is 0.300 e. The number of hydrogen-bond acceptors (Lipinski definition) is 5. The van der Waals surface area contributed by atoms with Gasteiger partial charge in [-0.05, 0) is 60.0 Å². The number of phenols is 1. The number of aliphatic hydroxyl groups is 1. The monoisotopic (exact) mass is 479 g/mol. The van der Waals surface area contributed by atoms with Gasteiger partial charge in [-0.15, -0.1) is 0 Å². The number of ketones is 1. The number of carbonyl (C=O) groups is 2. The van der Waals surface area contributed by atoms with Crippen LogP contribution in [0.1, 0.15) is 31.0 Å². The third kappa shape index (κ3) is 4.73. The van der Waals surface area contributed by atoms with Crippen LogP contribution < -0.4 is 9.64 Å². The minimum absolute atomic E-state index is 0.0733. The van der Waals surface area contributed by atoms with E-state index in [-0.39, 0.29) is 22.6 Å². The Balaban J connectivity index is 1.84. The van der Waals surface area contributed by atoms with Crippen molar-refractivity contribution in [2.75, 3.05) is 11.5 Å². The van der Waals surface area contributed by atoms with E-state index in [9.17, 15) is 28.6 Å². The highest BCUT2D eigenvalue weighted by atomic mass is 19.2. The van der Waals surface area contributed by atoms with Crippen LogP contribution in [0.3, 0.4) is 0 Å². The molecule has 4 rings (SSSR count). The second kappa shape index (κ2) is 9.58. The fourth-order valence-corrected chi connectivity index (χ4v) is 3.87. The summed E-state index contributed by atoms with van der Waals surface area (Å²) in [4.78, 5) is 27.1. The third-order valence-corrected chi connectivity index (χ3v) is 5.52. The van der Waals surface area contributed by atoms with Crippen molar-refractivity contribution in [1.29, 1.82) is 0 Å². The molecule has 0 saturated carbocycles. The van der Waals surface area contributed by atoms with Crippen LogP contribution in [0.25, 0.3) is 5.76 Å². The number of hydrogen-bond donors (Lipinski definition) is 2. The first-order chi connectivity index (χ1) is 16.7. The van der Waals surface area contributed by atoms with Crippen molar-refractivity contribution in [2.45, 2.75) is 19.9 Å². The molecule has 1 unspecified atom stereocenters. The summed E-state index contributed by atoms with van der Waals surface area (Å²) in [6.45, 7) is 4.52. The molecule has 0 radical (unpaired) electrons. The maximum absolute atomic E-state index is 14.0. The molecule has 1 atom stereocenters. The first-order valence-electron chi connectivity index (χ1n) is 11.0. The molecule has 6 nitrogen and oxygen atoms in total.